The Labute approximate surface area is 171 Å². The molecule has 0 radical (unpaired) electrons. The molecular formula is C21H20N6O3. The van der Waals surface area contributed by atoms with Gasteiger partial charge in [-0.1, -0.05) is 17.3 Å². The van der Waals surface area contributed by atoms with Crippen LogP contribution in [0.4, 0.5) is 5.69 Å². The Kier molecular flexibility index (Phi) is 5.01. The number of amides is 1. The number of benzene rings is 2. The molecule has 9 nitrogen and oxygen atoms in total. The first-order chi connectivity index (χ1) is 14.4. The summed E-state index contributed by atoms with van der Waals surface area (Å²) in [4.78, 5) is 29.5. The first-order valence-corrected chi connectivity index (χ1v) is 9.28. The summed E-state index contributed by atoms with van der Waals surface area (Å²) in [6.07, 6.45) is 1.33. The molecular weight excluding hydrogens is 384 g/mol. The Morgan fingerprint density at radius 2 is 1.90 bits per heavy atom. The summed E-state index contributed by atoms with van der Waals surface area (Å²) in [5.41, 5.74) is 3.49. The number of methoxy groups -OCH3 is 1. The largest absolute Gasteiger partial charge is 0.497 e. The molecule has 0 aliphatic carbocycles. The molecule has 2 heterocycles. The molecule has 0 aliphatic rings. The van der Waals surface area contributed by atoms with Gasteiger partial charge in [-0.2, -0.15) is 4.68 Å². The summed E-state index contributed by atoms with van der Waals surface area (Å²) in [5.74, 6) is 0.254. The summed E-state index contributed by atoms with van der Waals surface area (Å²) in [5, 5.41) is 10.8. The number of carbonyl (C=O) groups is 1. The smallest absolute Gasteiger partial charge is 0.284 e. The van der Waals surface area contributed by atoms with Crippen molar-refractivity contribution in [1.82, 2.24) is 24.5 Å². The summed E-state index contributed by atoms with van der Waals surface area (Å²) in [6.45, 7) is 3.77. The molecule has 0 fully saturated rings. The van der Waals surface area contributed by atoms with E-state index in [2.05, 4.69) is 20.6 Å². The van der Waals surface area contributed by atoms with Crippen molar-refractivity contribution in [3.05, 3.63) is 70.3 Å². The van der Waals surface area contributed by atoms with Gasteiger partial charge >= 0.3 is 0 Å². The lowest BCUT2D eigenvalue weighted by Crippen LogP contribution is -2.28. The molecule has 2 aromatic heterocycles. The molecule has 0 spiro atoms. The number of aromatic nitrogens is 5. The highest BCUT2D eigenvalue weighted by Gasteiger charge is 2.15. The third kappa shape index (κ3) is 3.77. The van der Waals surface area contributed by atoms with Crippen molar-refractivity contribution in [1.29, 1.82) is 0 Å². The molecule has 9 heteroatoms. The van der Waals surface area contributed by atoms with Crippen LogP contribution in [0.1, 0.15) is 11.1 Å². The number of nitrogens with one attached hydrogen (secondary N) is 1. The van der Waals surface area contributed by atoms with Crippen molar-refractivity contribution < 1.29 is 9.53 Å². The Balaban J connectivity index is 1.61. The Morgan fingerprint density at radius 1 is 1.13 bits per heavy atom. The van der Waals surface area contributed by atoms with Crippen LogP contribution in [0.2, 0.25) is 0 Å². The van der Waals surface area contributed by atoms with E-state index in [4.69, 9.17) is 4.74 Å². The van der Waals surface area contributed by atoms with Crippen LogP contribution in [0.5, 0.6) is 5.75 Å². The number of rotatable bonds is 5. The van der Waals surface area contributed by atoms with Crippen molar-refractivity contribution in [2.45, 2.75) is 20.4 Å². The first kappa shape index (κ1) is 19.3. The molecule has 0 saturated carbocycles. The molecule has 0 saturated heterocycles. The normalized spacial score (nSPS) is 10.9. The van der Waals surface area contributed by atoms with Gasteiger partial charge in [0.15, 0.2) is 11.2 Å². The SMILES string of the molecule is COc1cccc(NC(=O)Cn2cnc3c(nnn3-c3cc(C)cc(C)c3)c2=O)c1. The van der Waals surface area contributed by atoms with Gasteiger partial charge in [0.2, 0.25) is 5.91 Å². The first-order valence-electron chi connectivity index (χ1n) is 9.28. The quantitative estimate of drug-likeness (QED) is 0.547. The van der Waals surface area contributed by atoms with Gasteiger partial charge in [0.25, 0.3) is 5.56 Å². The van der Waals surface area contributed by atoms with Gasteiger partial charge < -0.3 is 10.1 Å². The average Bonchev–Trinajstić information content (AvgIpc) is 3.14. The topological polar surface area (TPSA) is 104 Å². The van der Waals surface area contributed by atoms with Gasteiger partial charge in [-0.3, -0.25) is 14.2 Å². The Morgan fingerprint density at radius 3 is 2.63 bits per heavy atom. The second-order valence-electron chi connectivity index (χ2n) is 6.98. The molecule has 1 amide bonds. The number of hydrogen-bond acceptors (Lipinski definition) is 6. The molecule has 4 rings (SSSR count). The average molecular weight is 404 g/mol. The minimum absolute atomic E-state index is 0.103. The molecule has 152 valence electrons. The van der Waals surface area contributed by atoms with E-state index in [1.165, 1.54) is 15.6 Å². The zero-order valence-electron chi connectivity index (χ0n) is 16.8. The van der Waals surface area contributed by atoms with Crippen LogP contribution in [0, 0.1) is 13.8 Å². The highest BCUT2D eigenvalue weighted by Crippen LogP contribution is 2.17. The number of hydrogen-bond donors (Lipinski definition) is 1. The van der Waals surface area contributed by atoms with Crippen molar-refractivity contribution >= 4 is 22.8 Å². The van der Waals surface area contributed by atoms with Crippen LogP contribution in [0.15, 0.2) is 53.6 Å². The minimum Gasteiger partial charge on any atom is -0.497 e. The van der Waals surface area contributed by atoms with Crippen LogP contribution >= 0.6 is 0 Å². The van der Waals surface area contributed by atoms with E-state index < -0.39 is 5.56 Å². The molecule has 0 atom stereocenters. The van der Waals surface area contributed by atoms with Crippen LogP contribution in [-0.4, -0.2) is 37.6 Å². The second kappa shape index (κ2) is 7.78. The standard InChI is InChI=1S/C21H20N6O3/c1-13-7-14(2)9-16(8-13)27-20-19(24-25-27)21(29)26(12-22-20)11-18(28)23-15-5-4-6-17(10-15)30-3/h4-10,12H,11H2,1-3H3,(H,23,28). The fourth-order valence-corrected chi connectivity index (χ4v) is 3.26. The lowest BCUT2D eigenvalue weighted by molar-refractivity contribution is -0.116. The van der Waals surface area contributed by atoms with Crippen LogP contribution < -0.4 is 15.6 Å². The number of anilines is 1. The van der Waals surface area contributed by atoms with Crippen LogP contribution in [0.3, 0.4) is 0 Å². The molecule has 0 unspecified atom stereocenters. The zero-order valence-corrected chi connectivity index (χ0v) is 16.8. The number of ether oxygens (including phenoxy) is 1. The van der Waals surface area contributed by atoms with Crippen LogP contribution in [0.25, 0.3) is 16.9 Å². The van der Waals surface area contributed by atoms with Gasteiger partial charge in [-0.25, -0.2) is 4.98 Å². The predicted octanol–water partition coefficient (Wildman–Crippen LogP) is 2.24. The fourth-order valence-electron chi connectivity index (χ4n) is 3.26. The van der Waals surface area contributed by atoms with E-state index >= 15 is 0 Å². The summed E-state index contributed by atoms with van der Waals surface area (Å²) in [7, 11) is 1.55. The van der Waals surface area contributed by atoms with Gasteiger partial charge in [0, 0.05) is 11.8 Å². The minimum atomic E-state index is -0.434. The Hall–Kier alpha value is -4.01. The molecule has 0 bridgehead atoms. The Bertz CT molecular complexity index is 1290. The maximum atomic E-state index is 12.8. The van der Waals surface area contributed by atoms with Gasteiger partial charge in [0.05, 0.1) is 12.8 Å². The zero-order chi connectivity index (χ0) is 21.3. The number of nitrogens with zero attached hydrogens (tertiary/aromatic N) is 5. The lowest BCUT2D eigenvalue weighted by Gasteiger charge is -2.08. The number of fused-ring (bicyclic) bond motifs is 1. The third-order valence-corrected chi connectivity index (χ3v) is 4.55. The van der Waals surface area contributed by atoms with E-state index in [1.54, 1.807) is 31.4 Å². The molecule has 1 N–H and O–H groups in total. The maximum Gasteiger partial charge on any atom is 0.284 e. The molecule has 4 aromatic rings. The second-order valence-corrected chi connectivity index (χ2v) is 6.98. The van der Waals surface area contributed by atoms with Crippen LogP contribution in [-0.2, 0) is 11.3 Å². The third-order valence-electron chi connectivity index (χ3n) is 4.55. The molecule has 30 heavy (non-hydrogen) atoms. The van der Waals surface area contributed by atoms with Crippen molar-refractivity contribution in [3.8, 4) is 11.4 Å². The van der Waals surface area contributed by atoms with Gasteiger partial charge in [-0.05, 0) is 49.2 Å². The van der Waals surface area contributed by atoms with E-state index in [9.17, 15) is 9.59 Å². The summed E-state index contributed by atoms with van der Waals surface area (Å²) >= 11 is 0. The molecule has 0 aliphatic heterocycles. The van der Waals surface area contributed by atoms with E-state index in [0.29, 0.717) is 17.1 Å². The van der Waals surface area contributed by atoms with Crippen molar-refractivity contribution in [2.24, 2.45) is 0 Å². The van der Waals surface area contributed by atoms with Crippen molar-refractivity contribution in [2.75, 3.05) is 12.4 Å². The molecule has 2 aromatic carbocycles. The number of aryl methyl sites for hydroxylation is 2. The fraction of sp³-hybridized carbons (Fsp3) is 0.190. The number of carbonyl (C=O) groups excluding carboxylic acids is 1. The van der Waals surface area contributed by atoms with E-state index in [-0.39, 0.29) is 18.0 Å². The van der Waals surface area contributed by atoms with E-state index in [0.717, 1.165) is 16.8 Å². The van der Waals surface area contributed by atoms with E-state index in [1.807, 2.05) is 32.0 Å². The lowest BCUT2D eigenvalue weighted by atomic mass is 10.1. The highest BCUT2D eigenvalue weighted by atomic mass is 16.5. The van der Waals surface area contributed by atoms with Gasteiger partial charge in [0.1, 0.15) is 18.6 Å². The highest BCUT2D eigenvalue weighted by molar-refractivity contribution is 5.90. The van der Waals surface area contributed by atoms with Crippen molar-refractivity contribution in [3.63, 3.8) is 0 Å². The summed E-state index contributed by atoms with van der Waals surface area (Å²) < 4.78 is 7.87. The monoisotopic (exact) mass is 404 g/mol. The summed E-state index contributed by atoms with van der Waals surface area (Å²) in [6, 6.07) is 12.9. The van der Waals surface area contributed by atoms with Gasteiger partial charge in [-0.15, -0.1) is 5.10 Å². The maximum absolute atomic E-state index is 12.8. The predicted molar refractivity (Wildman–Crippen MR) is 112 cm³/mol.